The summed E-state index contributed by atoms with van der Waals surface area (Å²) in [4.78, 5) is 16.3. The molecule has 1 spiro atoms. The number of aromatic nitrogens is 2. The second-order valence-electron chi connectivity index (χ2n) is 10.2. The zero-order valence-corrected chi connectivity index (χ0v) is 20.3. The Labute approximate surface area is 201 Å². The lowest BCUT2D eigenvalue weighted by Gasteiger charge is -2.47. The Balaban J connectivity index is 1.31. The van der Waals surface area contributed by atoms with Gasteiger partial charge in [0.2, 0.25) is 0 Å². The maximum Gasteiger partial charge on any atom is 0.311 e. The van der Waals surface area contributed by atoms with Gasteiger partial charge in [0.25, 0.3) is 0 Å². The molecule has 3 heterocycles. The lowest BCUT2D eigenvalue weighted by molar-refractivity contribution is -0.385. The van der Waals surface area contributed by atoms with Crippen LogP contribution < -0.4 is 15.0 Å². The van der Waals surface area contributed by atoms with Crippen LogP contribution in [0.5, 0.6) is 5.75 Å². The molecular formula is C25H36N6O3. The highest BCUT2D eigenvalue weighted by molar-refractivity contribution is 5.82. The van der Waals surface area contributed by atoms with Gasteiger partial charge >= 0.3 is 5.69 Å². The van der Waals surface area contributed by atoms with Crippen LogP contribution in [0.25, 0.3) is 11.1 Å². The highest BCUT2D eigenvalue weighted by Crippen LogP contribution is 2.45. The van der Waals surface area contributed by atoms with Gasteiger partial charge in [-0.2, -0.15) is 5.10 Å². The van der Waals surface area contributed by atoms with E-state index in [2.05, 4.69) is 20.2 Å². The third-order valence-corrected chi connectivity index (χ3v) is 8.36. The first-order chi connectivity index (χ1) is 16.5. The second-order valence-corrected chi connectivity index (χ2v) is 10.2. The number of benzene rings is 1. The second kappa shape index (κ2) is 9.54. The van der Waals surface area contributed by atoms with Crippen LogP contribution in [0, 0.1) is 15.5 Å². The van der Waals surface area contributed by atoms with E-state index in [1.54, 1.807) is 16.9 Å². The molecule has 0 bridgehead atoms. The molecule has 2 aliphatic heterocycles. The molecule has 1 aromatic carbocycles. The molecule has 1 saturated carbocycles. The zero-order valence-electron chi connectivity index (χ0n) is 20.3. The number of nitrogens with one attached hydrogen (secondary N) is 1. The van der Waals surface area contributed by atoms with E-state index in [0.29, 0.717) is 17.2 Å². The predicted octanol–water partition coefficient (Wildman–Crippen LogP) is 3.44. The van der Waals surface area contributed by atoms with E-state index >= 15 is 0 Å². The third-order valence-electron chi connectivity index (χ3n) is 8.36. The van der Waals surface area contributed by atoms with Crippen molar-refractivity contribution in [2.75, 3.05) is 51.3 Å². The van der Waals surface area contributed by atoms with Crippen LogP contribution in [-0.4, -0.2) is 72.0 Å². The average Bonchev–Trinajstić information content (AvgIpc) is 3.30. The van der Waals surface area contributed by atoms with Crippen molar-refractivity contribution in [2.45, 2.75) is 44.6 Å². The Kier molecular flexibility index (Phi) is 6.48. The first-order valence-electron chi connectivity index (χ1n) is 12.5. The molecule has 5 rings (SSSR count). The molecule has 184 valence electrons. The fourth-order valence-electron chi connectivity index (χ4n) is 6.28. The lowest BCUT2D eigenvalue weighted by atomic mass is 9.67. The summed E-state index contributed by atoms with van der Waals surface area (Å²) in [5.74, 6) is 0.301. The maximum atomic E-state index is 11.7. The molecule has 2 aromatic rings. The molecule has 2 saturated heterocycles. The monoisotopic (exact) mass is 468 g/mol. The minimum Gasteiger partial charge on any atom is -0.490 e. The normalized spacial score (nSPS) is 21.6. The molecule has 9 heteroatoms. The molecule has 0 unspecified atom stereocenters. The van der Waals surface area contributed by atoms with Crippen LogP contribution in [0.1, 0.15) is 38.5 Å². The van der Waals surface area contributed by atoms with Crippen LogP contribution >= 0.6 is 0 Å². The first kappa shape index (κ1) is 23.1. The van der Waals surface area contributed by atoms with Crippen molar-refractivity contribution >= 4 is 11.4 Å². The number of aryl methyl sites for hydroxylation is 1. The van der Waals surface area contributed by atoms with Crippen molar-refractivity contribution in [1.82, 2.24) is 20.0 Å². The van der Waals surface area contributed by atoms with Crippen LogP contribution in [0.3, 0.4) is 0 Å². The van der Waals surface area contributed by atoms with Gasteiger partial charge in [0, 0.05) is 74.4 Å². The van der Waals surface area contributed by atoms with Gasteiger partial charge < -0.3 is 15.0 Å². The van der Waals surface area contributed by atoms with E-state index in [1.165, 1.54) is 58.7 Å². The molecule has 1 aromatic heterocycles. The topological polar surface area (TPSA) is 88.7 Å². The standard InChI is InChI=1S/C25H36N6O3/c1-28-18-19(17-27-28)21-15-23(31(32)33)24(34-2)16-22(21)30-13-11-29(12-14-30)20-3-5-25(6-4-20)7-9-26-10-8-25/h15-18,20,26H,3-14H2,1-2H3. The molecule has 9 nitrogen and oxygen atoms in total. The summed E-state index contributed by atoms with van der Waals surface area (Å²) in [5, 5.41) is 19.5. The molecular weight excluding hydrogens is 432 g/mol. The lowest BCUT2D eigenvalue weighted by Crippen LogP contribution is -2.52. The van der Waals surface area contributed by atoms with E-state index in [1.807, 2.05) is 19.3 Å². The minimum atomic E-state index is -0.376. The Morgan fingerprint density at radius 2 is 1.82 bits per heavy atom. The van der Waals surface area contributed by atoms with Gasteiger partial charge in [-0.05, 0) is 57.0 Å². The van der Waals surface area contributed by atoms with E-state index in [9.17, 15) is 10.1 Å². The number of ether oxygens (including phenoxy) is 1. The molecule has 3 fully saturated rings. The zero-order chi connectivity index (χ0) is 23.7. The summed E-state index contributed by atoms with van der Waals surface area (Å²) in [7, 11) is 3.35. The number of hydrogen-bond acceptors (Lipinski definition) is 7. The van der Waals surface area contributed by atoms with Gasteiger partial charge in [-0.3, -0.25) is 19.7 Å². The summed E-state index contributed by atoms with van der Waals surface area (Å²) in [6.07, 6.45) is 11.7. The van der Waals surface area contributed by atoms with Crippen LogP contribution in [0.2, 0.25) is 0 Å². The number of nitrogens with zero attached hydrogens (tertiary/aromatic N) is 5. The van der Waals surface area contributed by atoms with E-state index < -0.39 is 0 Å². The first-order valence-corrected chi connectivity index (χ1v) is 12.5. The van der Waals surface area contributed by atoms with Crippen molar-refractivity contribution in [2.24, 2.45) is 12.5 Å². The van der Waals surface area contributed by atoms with Gasteiger partial charge in [-0.15, -0.1) is 0 Å². The fourth-order valence-corrected chi connectivity index (χ4v) is 6.28. The Morgan fingerprint density at radius 1 is 1.12 bits per heavy atom. The molecule has 3 aliphatic rings. The summed E-state index contributed by atoms with van der Waals surface area (Å²) < 4.78 is 7.13. The number of rotatable bonds is 5. The number of hydrogen-bond donors (Lipinski definition) is 1. The fraction of sp³-hybridized carbons (Fsp3) is 0.640. The number of piperazine rings is 1. The average molecular weight is 469 g/mol. The van der Waals surface area contributed by atoms with Gasteiger partial charge in [-0.25, -0.2) is 0 Å². The van der Waals surface area contributed by atoms with Crippen LogP contribution in [-0.2, 0) is 7.05 Å². The van der Waals surface area contributed by atoms with Gasteiger partial charge in [0.05, 0.1) is 18.2 Å². The van der Waals surface area contributed by atoms with Crippen molar-refractivity contribution < 1.29 is 9.66 Å². The van der Waals surface area contributed by atoms with Crippen molar-refractivity contribution in [1.29, 1.82) is 0 Å². The largest absolute Gasteiger partial charge is 0.490 e. The van der Waals surface area contributed by atoms with Gasteiger partial charge in [0.15, 0.2) is 5.75 Å². The van der Waals surface area contributed by atoms with Crippen molar-refractivity contribution in [3.63, 3.8) is 0 Å². The third kappa shape index (κ3) is 4.51. The molecule has 0 amide bonds. The van der Waals surface area contributed by atoms with Gasteiger partial charge in [0.1, 0.15) is 0 Å². The molecule has 0 radical (unpaired) electrons. The van der Waals surface area contributed by atoms with Gasteiger partial charge in [-0.1, -0.05) is 0 Å². The van der Waals surface area contributed by atoms with Crippen molar-refractivity contribution in [3.8, 4) is 16.9 Å². The molecule has 34 heavy (non-hydrogen) atoms. The Morgan fingerprint density at radius 3 is 2.41 bits per heavy atom. The van der Waals surface area contributed by atoms with Crippen LogP contribution in [0.4, 0.5) is 11.4 Å². The Hall–Kier alpha value is -2.65. The predicted molar refractivity (Wildman–Crippen MR) is 132 cm³/mol. The summed E-state index contributed by atoms with van der Waals surface area (Å²) >= 11 is 0. The Bertz CT molecular complexity index is 1010. The highest BCUT2D eigenvalue weighted by atomic mass is 16.6. The highest BCUT2D eigenvalue weighted by Gasteiger charge is 2.38. The summed E-state index contributed by atoms with van der Waals surface area (Å²) in [6.45, 7) is 6.21. The van der Waals surface area contributed by atoms with E-state index in [0.717, 1.165) is 43.0 Å². The van der Waals surface area contributed by atoms with E-state index in [-0.39, 0.29) is 10.6 Å². The quantitative estimate of drug-likeness (QED) is 0.531. The minimum absolute atomic E-state index is 0.0159. The number of methoxy groups -OCH3 is 1. The SMILES string of the molecule is COc1cc(N2CCN(C3CCC4(CCNCC4)CC3)CC2)c(-c2cnn(C)c2)cc1[N+](=O)[O-]. The van der Waals surface area contributed by atoms with Crippen LogP contribution in [0.15, 0.2) is 24.5 Å². The number of nitro benzene ring substituents is 1. The number of anilines is 1. The molecule has 0 atom stereocenters. The van der Waals surface area contributed by atoms with Crippen molar-refractivity contribution in [3.05, 3.63) is 34.6 Å². The van der Waals surface area contributed by atoms with E-state index in [4.69, 9.17) is 4.74 Å². The number of piperidine rings is 1. The summed E-state index contributed by atoms with van der Waals surface area (Å²) in [5.41, 5.74) is 3.27. The smallest absolute Gasteiger partial charge is 0.311 e. The maximum absolute atomic E-state index is 11.7. The number of nitro groups is 1. The molecule has 1 aliphatic carbocycles. The summed E-state index contributed by atoms with van der Waals surface area (Å²) in [6, 6.07) is 4.15. The molecule has 1 N–H and O–H groups in total.